The first-order valence-corrected chi connectivity index (χ1v) is 11.0. The van der Waals surface area contributed by atoms with Gasteiger partial charge in [0.25, 0.3) is 0 Å². The van der Waals surface area contributed by atoms with Crippen molar-refractivity contribution in [1.29, 1.82) is 0 Å². The summed E-state index contributed by atoms with van der Waals surface area (Å²) in [6, 6.07) is -0.357. The van der Waals surface area contributed by atoms with Gasteiger partial charge in [-0.15, -0.1) is 0 Å². The molecule has 1 N–H and O–H groups in total. The molecule has 2 aliphatic rings. The summed E-state index contributed by atoms with van der Waals surface area (Å²) in [4.78, 5) is 28.4. The number of carbonyl (C=O) groups excluding carboxylic acids is 2. The Morgan fingerprint density at radius 1 is 1.08 bits per heavy atom. The molecule has 0 aromatic carbocycles. The quantitative estimate of drug-likeness (QED) is 0.760. The van der Waals surface area contributed by atoms with Crippen molar-refractivity contribution in [2.24, 2.45) is 0 Å². The van der Waals surface area contributed by atoms with Crippen LogP contribution in [0.25, 0.3) is 0 Å². The van der Waals surface area contributed by atoms with E-state index in [1.807, 2.05) is 0 Å². The molecule has 2 saturated heterocycles. The monoisotopic (exact) mass is 389 g/mol. The van der Waals surface area contributed by atoms with Crippen LogP contribution < -0.4 is 5.32 Å². The fraction of sp³-hybridized carbons (Fsp3) is 0.882. The molecule has 0 aromatic rings. The Hall–Kier alpha value is -1.35. The second-order valence-electron chi connectivity index (χ2n) is 8.11. The van der Waals surface area contributed by atoms with Crippen LogP contribution in [0.1, 0.15) is 40.5 Å². The van der Waals surface area contributed by atoms with Gasteiger partial charge in [-0.1, -0.05) is 0 Å². The third-order valence-corrected chi connectivity index (χ3v) is 6.49. The summed E-state index contributed by atoms with van der Waals surface area (Å²) in [5.41, 5.74) is -0.605. The SMILES string of the molecule is CC(NC(=O)OC(C)(C)C)C(=O)N1CCN(C2CCS(=O)(=O)CC2)CC1. The summed E-state index contributed by atoms with van der Waals surface area (Å²) >= 11 is 0. The average molecular weight is 390 g/mol. The lowest BCUT2D eigenvalue weighted by atomic mass is 10.1. The van der Waals surface area contributed by atoms with E-state index in [1.54, 1.807) is 32.6 Å². The smallest absolute Gasteiger partial charge is 0.408 e. The van der Waals surface area contributed by atoms with E-state index >= 15 is 0 Å². The number of hydrogen-bond acceptors (Lipinski definition) is 6. The summed E-state index contributed by atoms with van der Waals surface area (Å²) in [5, 5.41) is 2.58. The van der Waals surface area contributed by atoms with Crippen LogP contribution in [-0.4, -0.2) is 85.6 Å². The molecule has 2 heterocycles. The summed E-state index contributed by atoms with van der Waals surface area (Å²) in [6.45, 7) is 9.61. The minimum absolute atomic E-state index is 0.123. The highest BCUT2D eigenvalue weighted by Gasteiger charge is 2.32. The zero-order chi connectivity index (χ0) is 19.5. The fourth-order valence-electron chi connectivity index (χ4n) is 3.37. The van der Waals surface area contributed by atoms with E-state index in [-0.39, 0.29) is 23.5 Å². The highest BCUT2D eigenvalue weighted by molar-refractivity contribution is 7.91. The standard InChI is InChI=1S/C17H31N3O5S/c1-13(18-16(22)25-17(2,3)4)15(21)20-9-7-19(8-10-20)14-5-11-26(23,24)12-6-14/h13-14H,5-12H2,1-4H3,(H,18,22). The third-order valence-electron chi connectivity index (χ3n) is 4.77. The normalized spacial score (nSPS) is 23.3. The van der Waals surface area contributed by atoms with Crippen molar-refractivity contribution in [2.45, 2.75) is 58.2 Å². The fourth-order valence-corrected chi connectivity index (χ4v) is 4.84. The highest BCUT2D eigenvalue weighted by Crippen LogP contribution is 2.20. The predicted octanol–water partition coefficient (Wildman–Crippen LogP) is 0.621. The van der Waals surface area contributed by atoms with Crippen molar-refractivity contribution < 1.29 is 22.7 Å². The number of nitrogens with zero attached hydrogens (tertiary/aromatic N) is 2. The molecule has 0 saturated carbocycles. The van der Waals surface area contributed by atoms with Gasteiger partial charge < -0.3 is 15.0 Å². The molecule has 0 bridgehead atoms. The Morgan fingerprint density at radius 2 is 1.62 bits per heavy atom. The molecule has 0 radical (unpaired) electrons. The number of amides is 2. The summed E-state index contributed by atoms with van der Waals surface area (Å²) in [6.07, 6.45) is 0.750. The van der Waals surface area contributed by atoms with Crippen molar-refractivity contribution in [3.63, 3.8) is 0 Å². The molecule has 2 rings (SSSR count). The Kier molecular flexibility index (Phi) is 6.55. The van der Waals surface area contributed by atoms with Crippen molar-refractivity contribution in [2.75, 3.05) is 37.7 Å². The van der Waals surface area contributed by atoms with Gasteiger partial charge in [-0.05, 0) is 40.5 Å². The summed E-state index contributed by atoms with van der Waals surface area (Å²) in [7, 11) is -2.86. The summed E-state index contributed by atoms with van der Waals surface area (Å²) in [5.74, 6) is 0.392. The van der Waals surface area contributed by atoms with Crippen LogP contribution in [0.5, 0.6) is 0 Å². The first kappa shape index (κ1) is 21.0. The number of rotatable bonds is 3. The van der Waals surface area contributed by atoms with Crippen molar-refractivity contribution >= 4 is 21.8 Å². The zero-order valence-electron chi connectivity index (χ0n) is 16.2. The number of piperazine rings is 1. The molecule has 2 aliphatic heterocycles. The molecular weight excluding hydrogens is 358 g/mol. The number of hydrogen-bond donors (Lipinski definition) is 1. The molecule has 0 spiro atoms. The van der Waals surface area contributed by atoms with Crippen LogP contribution in [0.15, 0.2) is 0 Å². The molecule has 1 unspecified atom stereocenters. The number of nitrogens with one attached hydrogen (secondary N) is 1. The van der Waals surface area contributed by atoms with Gasteiger partial charge in [-0.2, -0.15) is 0 Å². The lowest BCUT2D eigenvalue weighted by Gasteiger charge is -2.41. The lowest BCUT2D eigenvalue weighted by Crippen LogP contribution is -2.56. The number of alkyl carbamates (subject to hydrolysis) is 1. The van der Waals surface area contributed by atoms with Crippen LogP contribution in [0.4, 0.5) is 4.79 Å². The highest BCUT2D eigenvalue weighted by atomic mass is 32.2. The molecule has 1 atom stereocenters. The average Bonchev–Trinajstić information content (AvgIpc) is 2.52. The van der Waals surface area contributed by atoms with Crippen LogP contribution in [0, 0.1) is 0 Å². The topological polar surface area (TPSA) is 96.0 Å². The van der Waals surface area contributed by atoms with Crippen molar-refractivity contribution in [1.82, 2.24) is 15.1 Å². The van der Waals surface area contributed by atoms with Gasteiger partial charge in [0.05, 0.1) is 11.5 Å². The minimum Gasteiger partial charge on any atom is -0.444 e. The molecule has 0 aliphatic carbocycles. The first-order valence-electron chi connectivity index (χ1n) is 9.20. The van der Waals surface area contributed by atoms with Gasteiger partial charge in [0.15, 0.2) is 0 Å². The van der Waals surface area contributed by atoms with Gasteiger partial charge in [0.2, 0.25) is 5.91 Å². The zero-order valence-corrected chi connectivity index (χ0v) is 17.0. The first-order chi connectivity index (χ1) is 12.0. The van der Waals surface area contributed by atoms with Crippen LogP contribution in [0.2, 0.25) is 0 Å². The molecule has 26 heavy (non-hydrogen) atoms. The van der Waals surface area contributed by atoms with E-state index in [2.05, 4.69) is 10.2 Å². The number of carbonyl (C=O) groups is 2. The number of ether oxygens (including phenoxy) is 1. The Bertz CT molecular complexity index is 607. The molecule has 150 valence electrons. The molecule has 2 fully saturated rings. The minimum atomic E-state index is -2.86. The third kappa shape index (κ3) is 6.12. The Labute approximate surface area is 156 Å². The maximum Gasteiger partial charge on any atom is 0.408 e. The second-order valence-corrected chi connectivity index (χ2v) is 10.4. The Balaban J connectivity index is 1.78. The van der Waals surface area contributed by atoms with E-state index in [9.17, 15) is 18.0 Å². The van der Waals surface area contributed by atoms with Gasteiger partial charge in [0.1, 0.15) is 21.5 Å². The van der Waals surface area contributed by atoms with E-state index < -0.39 is 27.6 Å². The van der Waals surface area contributed by atoms with Crippen LogP contribution in [-0.2, 0) is 19.4 Å². The van der Waals surface area contributed by atoms with Gasteiger partial charge in [0, 0.05) is 32.2 Å². The number of sulfone groups is 1. The summed E-state index contributed by atoms with van der Waals surface area (Å²) < 4.78 is 28.3. The van der Waals surface area contributed by atoms with Crippen LogP contribution in [0.3, 0.4) is 0 Å². The largest absolute Gasteiger partial charge is 0.444 e. The molecule has 0 aromatic heterocycles. The Morgan fingerprint density at radius 3 is 2.12 bits per heavy atom. The van der Waals surface area contributed by atoms with Gasteiger partial charge >= 0.3 is 6.09 Å². The molecular formula is C17H31N3O5S. The maximum absolute atomic E-state index is 12.5. The van der Waals surface area contributed by atoms with E-state index in [0.29, 0.717) is 25.9 Å². The molecule has 9 heteroatoms. The van der Waals surface area contributed by atoms with E-state index in [4.69, 9.17) is 4.74 Å². The van der Waals surface area contributed by atoms with E-state index in [1.165, 1.54) is 0 Å². The second kappa shape index (κ2) is 8.12. The predicted molar refractivity (Wildman–Crippen MR) is 98.7 cm³/mol. The molecule has 2 amide bonds. The van der Waals surface area contributed by atoms with Gasteiger partial charge in [-0.25, -0.2) is 13.2 Å². The van der Waals surface area contributed by atoms with Crippen molar-refractivity contribution in [3.05, 3.63) is 0 Å². The van der Waals surface area contributed by atoms with Crippen LogP contribution >= 0.6 is 0 Å². The van der Waals surface area contributed by atoms with E-state index in [0.717, 1.165) is 13.1 Å². The lowest BCUT2D eigenvalue weighted by molar-refractivity contribution is -0.135. The maximum atomic E-state index is 12.5. The van der Waals surface area contributed by atoms with Crippen molar-refractivity contribution in [3.8, 4) is 0 Å². The molecule has 8 nitrogen and oxygen atoms in total. The van der Waals surface area contributed by atoms with Gasteiger partial charge in [-0.3, -0.25) is 9.69 Å².